The highest BCUT2D eigenvalue weighted by molar-refractivity contribution is 5.94. The Kier molecular flexibility index (Phi) is 9.74. The molecule has 0 aliphatic carbocycles. The third-order valence-corrected chi connectivity index (χ3v) is 4.91. The van der Waals surface area contributed by atoms with Gasteiger partial charge >= 0.3 is 0 Å². The summed E-state index contributed by atoms with van der Waals surface area (Å²) in [5.74, 6) is -2.20. The lowest BCUT2D eigenvalue weighted by atomic mass is 10.0. The zero-order chi connectivity index (χ0) is 23.0. The van der Waals surface area contributed by atoms with Crippen LogP contribution in [0.2, 0.25) is 0 Å². The maximum atomic E-state index is 12.6. The van der Waals surface area contributed by atoms with Gasteiger partial charge in [0.05, 0.1) is 6.54 Å². The largest absolute Gasteiger partial charge is 0.368 e. The molecule has 1 saturated heterocycles. The Morgan fingerprint density at radius 1 is 1.03 bits per heavy atom. The van der Waals surface area contributed by atoms with Crippen molar-refractivity contribution in [3.05, 3.63) is 0 Å². The molecule has 5 N–H and O–H groups in total. The van der Waals surface area contributed by atoms with Crippen molar-refractivity contribution in [3.63, 3.8) is 0 Å². The second-order valence-corrected chi connectivity index (χ2v) is 8.48. The van der Waals surface area contributed by atoms with Gasteiger partial charge in [0.1, 0.15) is 18.1 Å². The minimum Gasteiger partial charge on any atom is -0.368 e. The number of nitrogens with zero attached hydrogens (tertiary/aromatic N) is 1. The molecular formula is C20H35N5O5. The molecule has 0 bridgehead atoms. The minimum atomic E-state index is -0.867. The number of hydrogen-bond donors (Lipinski definition) is 4. The first-order valence-electron chi connectivity index (χ1n) is 10.4. The third-order valence-electron chi connectivity index (χ3n) is 4.91. The van der Waals surface area contributed by atoms with Crippen LogP contribution >= 0.6 is 0 Å². The van der Waals surface area contributed by atoms with Crippen LogP contribution in [0.25, 0.3) is 0 Å². The van der Waals surface area contributed by atoms with Gasteiger partial charge in [0.25, 0.3) is 0 Å². The van der Waals surface area contributed by atoms with Gasteiger partial charge in [-0.2, -0.15) is 0 Å². The Labute approximate surface area is 177 Å². The molecular weight excluding hydrogens is 390 g/mol. The molecule has 1 fully saturated rings. The van der Waals surface area contributed by atoms with E-state index in [1.807, 2.05) is 27.7 Å². The van der Waals surface area contributed by atoms with Gasteiger partial charge in [-0.1, -0.05) is 27.7 Å². The number of rotatable bonds is 11. The van der Waals surface area contributed by atoms with E-state index < -0.39 is 41.8 Å². The molecule has 0 saturated carbocycles. The van der Waals surface area contributed by atoms with Gasteiger partial charge in [-0.3, -0.25) is 24.0 Å². The SMILES string of the molecule is CC(C)CC(NC(=O)CNC(=O)C(C(C)C)N1CCCC1=O)C(=O)NC(C)C(N)=O. The van der Waals surface area contributed by atoms with Gasteiger partial charge in [0.2, 0.25) is 29.5 Å². The Morgan fingerprint density at radius 3 is 2.13 bits per heavy atom. The number of carbonyl (C=O) groups is 5. The molecule has 1 aliphatic heterocycles. The highest BCUT2D eigenvalue weighted by atomic mass is 16.2. The van der Waals surface area contributed by atoms with E-state index in [0.29, 0.717) is 25.8 Å². The summed E-state index contributed by atoms with van der Waals surface area (Å²) in [4.78, 5) is 62.1. The van der Waals surface area contributed by atoms with E-state index in [2.05, 4.69) is 16.0 Å². The summed E-state index contributed by atoms with van der Waals surface area (Å²) in [6.07, 6.45) is 1.49. The van der Waals surface area contributed by atoms with E-state index in [-0.39, 0.29) is 24.3 Å². The smallest absolute Gasteiger partial charge is 0.243 e. The number of primary amides is 1. The predicted octanol–water partition coefficient (Wildman–Crippen LogP) is -0.729. The predicted molar refractivity (Wildman–Crippen MR) is 111 cm³/mol. The molecule has 30 heavy (non-hydrogen) atoms. The minimum absolute atomic E-state index is 0.0643. The van der Waals surface area contributed by atoms with E-state index in [9.17, 15) is 24.0 Å². The Morgan fingerprint density at radius 2 is 1.67 bits per heavy atom. The molecule has 0 aromatic carbocycles. The van der Waals surface area contributed by atoms with Crippen LogP contribution in [-0.4, -0.2) is 65.7 Å². The van der Waals surface area contributed by atoms with Gasteiger partial charge in [-0.15, -0.1) is 0 Å². The quantitative estimate of drug-likeness (QED) is 0.344. The molecule has 1 heterocycles. The Bertz CT molecular complexity index is 664. The molecule has 0 aromatic rings. The van der Waals surface area contributed by atoms with Crippen molar-refractivity contribution in [3.8, 4) is 0 Å². The van der Waals surface area contributed by atoms with Gasteiger partial charge in [0.15, 0.2) is 0 Å². The number of hydrogen-bond acceptors (Lipinski definition) is 5. The van der Waals surface area contributed by atoms with Gasteiger partial charge in [-0.05, 0) is 31.6 Å². The third kappa shape index (κ3) is 7.64. The number of nitrogens with one attached hydrogen (secondary N) is 3. The summed E-state index contributed by atoms with van der Waals surface area (Å²) in [7, 11) is 0. The van der Waals surface area contributed by atoms with Gasteiger partial charge in [0, 0.05) is 13.0 Å². The molecule has 1 rings (SSSR count). The zero-order valence-electron chi connectivity index (χ0n) is 18.5. The molecule has 3 unspecified atom stereocenters. The first kappa shape index (κ1) is 25.4. The molecule has 5 amide bonds. The van der Waals surface area contributed by atoms with Crippen LogP contribution < -0.4 is 21.7 Å². The molecule has 0 aromatic heterocycles. The first-order valence-corrected chi connectivity index (χ1v) is 10.4. The number of carbonyl (C=O) groups excluding carboxylic acids is 5. The molecule has 1 aliphatic rings. The maximum Gasteiger partial charge on any atom is 0.243 e. The highest BCUT2D eigenvalue weighted by Crippen LogP contribution is 2.19. The lowest BCUT2D eigenvalue weighted by molar-refractivity contribution is -0.139. The number of nitrogens with two attached hydrogens (primary N) is 1. The average molecular weight is 426 g/mol. The Hall–Kier alpha value is -2.65. The van der Waals surface area contributed by atoms with Crippen LogP contribution in [0.3, 0.4) is 0 Å². The lowest BCUT2D eigenvalue weighted by Crippen LogP contribution is -2.55. The molecule has 3 atom stereocenters. The van der Waals surface area contributed by atoms with Crippen molar-refractivity contribution >= 4 is 29.5 Å². The molecule has 10 heteroatoms. The van der Waals surface area contributed by atoms with E-state index >= 15 is 0 Å². The van der Waals surface area contributed by atoms with Crippen molar-refractivity contribution in [2.45, 2.75) is 72.0 Å². The van der Waals surface area contributed by atoms with Gasteiger partial charge < -0.3 is 26.6 Å². The monoisotopic (exact) mass is 425 g/mol. The van der Waals surface area contributed by atoms with Crippen LogP contribution in [0.5, 0.6) is 0 Å². The van der Waals surface area contributed by atoms with E-state index in [0.717, 1.165) is 0 Å². The summed E-state index contributed by atoms with van der Waals surface area (Å²) in [6, 6.07) is -2.37. The second-order valence-electron chi connectivity index (χ2n) is 8.48. The standard InChI is InChI=1S/C20H35N5O5/c1-11(2)9-14(19(29)23-13(5)18(21)28)24-15(26)10-22-20(30)17(12(3)4)25-8-6-7-16(25)27/h11-14,17H,6-10H2,1-5H3,(H2,21,28)(H,22,30)(H,23,29)(H,24,26). The van der Waals surface area contributed by atoms with Gasteiger partial charge in [-0.25, -0.2) is 0 Å². The number of amides is 5. The van der Waals surface area contributed by atoms with E-state index in [1.165, 1.54) is 6.92 Å². The highest BCUT2D eigenvalue weighted by Gasteiger charge is 2.35. The molecule has 10 nitrogen and oxygen atoms in total. The summed E-state index contributed by atoms with van der Waals surface area (Å²) in [5, 5.41) is 7.63. The van der Waals surface area contributed by atoms with Crippen LogP contribution in [0, 0.1) is 11.8 Å². The van der Waals surface area contributed by atoms with Crippen molar-refractivity contribution in [2.75, 3.05) is 13.1 Å². The fraction of sp³-hybridized carbons (Fsp3) is 0.750. The number of likely N-dealkylation sites (tertiary alicyclic amines) is 1. The molecule has 170 valence electrons. The normalized spacial score (nSPS) is 16.9. The fourth-order valence-electron chi connectivity index (χ4n) is 3.37. The molecule has 0 spiro atoms. The van der Waals surface area contributed by atoms with Crippen molar-refractivity contribution in [1.29, 1.82) is 0 Å². The van der Waals surface area contributed by atoms with Crippen LogP contribution in [0.1, 0.15) is 53.9 Å². The van der Waals surface area contributed by atoms with E-state index in [1.54, 1.807) is 4.90 Å². The summed E-state index contributed by atoms with van der Waals surface area (Å²) < 4.78 is 0. The zero-order valence-corrected chi connectivity index (χ0v) is 18.5. The van der Waals surface area contributed by atoms with E-state index in [4.69, 9.17) is 5.73 Å². The maximum absolute atomic E-state index is 12.6. The van der Waals surface area contributed by atoms with Crippen molar-refractivity contribution in [2.24, 2.45) is 17.6 Å². The van der Waals surface area contributed by atoms with Crippen LogP contribution in [0.15, 0.2) is 0 Å². The second kappa shape index (κ2) is 11.5. The molecule has 0 radical (unpaired) electrons. The summed E-state index contributed by atoms with van der Waals surface area (Å²) in [6.45, 7) is 9.14. The van der Waals surface area contributed by atoms with Crippen molar-refractivity contribution < 1.29 is 24.0 Å². The van der Waals surface area contributed by atoms with Crippen LogP contribution in [0.4, 0.5) is 0 Å². The topological polar surface area (TPSA) is 151 Å². The fourth-order valence-corrected chi connectivity index (χ4v) is 3.37. The van der Waals surface area contributed by atoms with Crippen molar-refractivity contribution in [1.82, 2.24) is 20.9 Å². The van der Waals surface area contributed by atoms with Crippen LogP contribution in [-0.2, 0) is 24.0 Å². The summed E-state index contributed by atoms with van der Waals surface area (Å²) in [5.41, 5.74) is 5.17. The summed E-state index contributed by atoms with van der Waals surface area (Å²) >= 11 is 0. The first-order chi connectivity index (χ1) is 13.9. The lowest BCUT2D eigenvalue weighted by Gasteiger charge is -2.30. The Balaban J connectivity index is 2.69. The average Bonchev–Trinajstić information content (AvgIpc) is 3.04.